The molecule has 3 aliphatic heterocycles. The van der Waals surface area contributed by atoms with Gasteiger partial charge in [-0.05, 0) is 287 Å². The van der Waals surface area contributed by atoms with E-state index in [0.717, 1.165) is 136 Å². The number of para-hydroxylation sites is 3. The molecule has 30 aromatic rings. The Bertz CT molecular complexity index is 10800. The van der Waals surface area contributed by atoms with Crippen molar-refractivity contribution in [3.05, 3.63) is 510 Å². The summed E-state index contributed by atoms with van der Waals surface area (Å²) in [6.45, 7) is 0. The zero-order chi connectivity index (χ0) is 98.3. The van der Waals surface area contributed by atoms with Gasteiger partial charge in [0, 0.05) is 16.7 Å². The van der Waals surface area contributed by atoms with Crippen LogP contribution in [0.5, 0.6) is 34.5 Å². The first-order valence-corrected chi connectivity index (χ1v) is 51.2. The molecule has 696 valence electrons. The molecule has 0 unspecified atom stereocenters. The van der Waals surface area contributed by atoms with Gasteiger partial charge in [0.1, 0.15) is 34.0 Å². The number of nitrogens with zero attached hydrogens (tertiary/aromatic N) is 6. The van der Waals surface area contributed by atoms with E-state index < -0.39 is 0 Å². The third-order valence-electron chi connectivity index (χ3n) is 31.0. The molecule has 0 bridgehead atoms. The van der Waals surface area contributed by atoms with E-state index in [1.807, 2.05) is 54.6 Å². The molecule has 3 aromatic heterocycles. The molecule has 0 saturated carbocycles. The van der Waals surface area contributed by atoms with Crippen molar-refractivity contribution in [3.8, 4) is 152 Å². The Labute approximate surface area is 861 Å². The van der Waals surface area contributed by atoms with Crippen LogP contribution >= 0.6 is 0 Å². The molecule has 9 heteroatoms. The highest BCUT2D eigenvalue weighted by atomic mass is 16.5. The van der Waals surface area contributed by atoms with Gasteiger partial charge in [-0.2, -0.15) is 0 Å². The SMILES string of the molecule is c1ccc(-c2nc3cccc4c3n2-c2ccc(-c3c5ccccc5c(-c5cc6ccccc6c6ccccc56)c5ccccc35)cc2O4)cc1.c1ccc(-c2nc3cccc4c3n2-c2ccc(-c3c5ccccc5c(-c5ccc6c(ccc7ccccc76)c5)c5ccccc35)cc2O4)cc1.c1ccc(-c2nc3cccc4c3n2-c2ccc(-c3c5ccccc5c(-c5ccc6ccc7ccccc7c6c5)c5ccccc35)cc2O4)cc1. The molecule has 0 amide bonds. The van der Waals surface area contributed by atoms with Gasteiger partial charge >= 0.3 is 0 Å². The number of ether oxygens (including phenoxy) is 3. The van der Waals surface area contributed by atoms with Crippen LogP contribution < -0.4 is 14.2 Å². The van der Waals surface area contributed by atoms with Gasteiger partial charge in [0.05, 0.1) is 33.6 Å². The molecular formula is C141H84N6O3. The highest BCUT2D eigenvalue weighted by molar-refractivity contribution is 6.28. The minimum absolute atomic E-state index is 0.815. The lowest BCUT2D eigenvalue weighted by molar-refractivity contribution is 0.476. The fourth-order valence-corrected chi connectivity index (χ4v) is 24.6. The average molecular weight is 1910 g/mol. The first kappa shape index (κ1) is 84.4. The number of hydrogen-bond donors (Lipinski definition) is 0. The number of imidazole rings is 3. The normalized spacial score (nSPS) is 12.2. The van der Waals surface area contributed by atoms with E-state index >= 15 is 0 Å². The summed E-state index contributed by atoms with van der Waals surface area (Å²) >= 11 is 0. The lowest BCUT2D eigenvalue weighted by Crippen LogP contribution is -2.06. The summed E-state index contributed by atoms with van der Waals surface area (Å²) in [5.41, 5.74) is 26.3. The Morgan fingerprint density at radius 1 is 0.140 bits per heavy atom. The van der Waals surface area contributed by atoms with Gasteiger partial charge in [0.25, 0.3) is 0 Å². The van der Waals surface area contributed by atoms with E-state index in [4.69, 9.17) is 29.2 Å². The third kappa shape index (κ3) is 13.2. The van der Waals surface area contributed by atoms with Crippen molar-refractivity contribution < 1.29 is 14.2 Å². The number of fused-ring (bicyclic) bond motifs is 21. The van der Waals surface area contributed by atoms with Gasteiger partial charge in [0.15, 0.2) is 34.5 Å². The van der Waals surface area contributed by atoms with Crippen LogP contribution in [0.4, 0.5) is 0 Å². The highest BCUT2D eigenvalue weighted by Gasteiger charge is 2.33. The number of hydrogen-bond acceptors (Lipinski definition) is 6. The Kier molecular flexibility index (Phi) is 19.0. The van der Waals surface area contributed by atoms with Crippen LogP contribution in [0.3, 0.4) is 0 Å². The average Bonchev–Trinajstić information content (AvgIpc) is 1.55. The minimum atomic E-state index is 0.815. The Morgan fingerprint density at radius 2 is 0.387 bits per heavy atom. The van der Waals surface area contributed by atoms with Crippen LogP contribution in [0.1, 0.15) is 0 Å². The first-order chi connectivity index (χ1) is 74.4. The summed E-state index contributed by atoms with van der Waals surface area (Å²) in [6, 6.07) is 183. The number of rotatable bonds is 9. The second-order valence-corrected chi connectivity index (χ2v) is 39.3. The molecule has 0 atom stereocenters. The highest BCUT2D eigenvalue weighted by Crippen LogP contribution is 2.56. The Balaban J connectivity index is 0.000000101. The van der Waals surface area contributed by atoms with Gasteiger partial charge < -0.3 is 14.2 Å². The van der Waals surface area contributed by atoms with E-state index in [1.54, 1.807) is 0 Å². The summed E-state index contributed by atoms with van der Waals surface area (Å²) in [6.07, 6.45) is 0. The molecule has 0 aliphatic carbocycles. The molecule has 9 nitrogen and oxygen atoms in total. The molecule has 150 heavy (non-hydrogen) atoms. The monoisotopic (exact) mass is 1910 g/mol. The molecule has 6 heterocycles. The van der Waals surface area contributed by atoms with Crippen molar-refractivity contribution in [2.45, 2.75) is 0 Å². The van der Waals surface area contributed by atoms with Crippen molar-refractivity contribution in [3.63, 3.8) is 0 Å². The molecular weight excluding hydrogens is 1830 g/mol. The lowest BCUT2D eigenvalue weighted by Gasteiger charge is -2.23. The molecule has 27 aromatic carbocycles. The topological polar surface area (TPSA) is 81.1 Å². The maximum absolute atomic E-state index is 6.71. The summed E-state index contributed by atoms with van der Waals surface area (Å²) in [7, 11) is 0. The smallest absolute Gasteiger partial charge is 0.153 e. The summed E-state index contributed by atoms with van der Waals surface area (Å²) in [4.78, 5) is 15.2. The third-order valence-corrected chi connectivity index (χ3v) is 31.0. The van der Waals surface area contributed by atoms with Gasteiger partial charge in [-0.3, -0.25) is 13.7 Å². The lowest BCUT2D eigenvalue weighted by atomic mass is 9.84. The first-order valence-electron chi connectivity index (χ1n) is 51.2. The molecule has 0 saturated heterocycles. The van der Waals surface area contributed by atoms with E-state index in [0.29, 0.717) is 0 Å². The zero-order valence-electron chi connectivity index (χ0n) is 80.9. The van der Waals surface area contributed by atoms with Crippen LogP contribution in [-0.2, 0) is 0 Å². The van der Waals surface area contributed by atoms with E-state index in [2.05, 4.69) is 469 Å². The van der Waals surface area contributed by atoms with Crippen molar-refractivity contribution in [1.29, 1.82) is 0 Å². The fraction of sp³-hybridized carbons (Fsp3) is 0. The van der Waals surface area contributed by atoms with Crippen LogP contribution in [-0.4, -0.2) is 28.7 Å². The van der Waals surface area contributed by atoms with Crippen LogP contribution in [0.25, 0.3) is 280 Å². The maximum atomic E-state index is 6.71. The molecule has 33 rings (SSSR count). The summed E-state index contributed by atoms with van der Waals surface area (Å²) in [5.74, 6) is 7.63. The van der Waals surface area contributed by atoms with Gasteiger partial charge in [-0.15, -0.1) is 0 Å². The van der Waals surface area contributed by atoms with E-state index in [-0.39, 0.29) is 0 Å². The summed E-state index contributed by atoms with van der Waals surface area (Å²) < 4.78 is 26.9. The maximum Gasteiger partial charge on any atom is 0.153 e. The van der Waals surface area contributed by atoms with Gasteiger partial charge in [-0.1, -0.05) is 419 Å². The largest absolute Gasteiger partial charge is 0.453 e. The Morgan fingerprint density at radius 3 is 0.753 bits per heavy atom. The van der Waals surface area contributed by atoms with E-state index in [9.17, 15) is 0 Å². The molecule has 0 spiro atoms. The van der Waals surface area contributed by atoms with Gasteiger partial charge in [0.2, 0.25) is 0 Å². The standard InChI is InChI=1S/3C47H28N2O/c1-2-12-30(13-3-1)47-48-40-19-10-20-42-46(40)49(47)41-26-24-33(28-43(41)50-42)45-38-17-8-6-15-36(38)44(37-16-7-9-18-39(37)45)32-23-25-35-31(27-32)22-21-29-11-4-5-14-34(29)35;1-2-12-31(13-3-1)47-48-40-19-10-20-42-46(40)49(47)41-26-25-33(28-43(41)50-42)45-37-17-8-6-15-35(37)44(36-16-7-9-18-38(36)45)32-24-23-30-22-21-29-11-4-5-14-34(29)39(30)27-32;1-2-13-29(14-3-1)47-48-40-23-12-24-42-46(40)49(47)41-26-25-31(28-43(41)50-42)44-35-19-8-10-21-37(35)45(38-22-11-9-20-36(38)44)39-27-30-15-4-5-16-32(30)33-17-6-7-18-34(33)39/h3*1-28H. The fourth-order valence-electron chi connectivity index (χ4n) is 24.6. The second kappa shape index (κ2) is 33.7. The van der Waals surface area contributed by atoms with Crippen LogP contribution in [0, 0.1) is 0 Å². The van der Waals surface area contributed by atoms with E-state index in [1.165, 1.54) is 179 Å². The Hall–Kier alpha value is -20.1. The van der Waals surface area contributed by atoms with Crippen molar-refractivity contribution in [2.24, 2.45) is 0 Å². The molecule has 3 aliphatic rings. The van der Waals surface area contributed by atoms with Crippen LogP contribution in [0.15, 0.2) is 510 Å². The minimum Gasteiger partial charge on any atom is -0.453 e. The van der Waals surface area contributed by atoms with Crippen molar-refractivity contribution >= 4 is 162 Å². The number of aromatic nitrogens is 6. The molecule has 0 fully saturated rings. The van der Waals surface area contributed by atoms with Gasteiger partial charge in [-0.25, -0.2) is 15.0 Å². The summed E-state index contributed by atoms with van der Waals surface area (Å²) in [5, 5.41) is 29.8. The molecule has 0 radical (unpaired) electrons. The van der Waals surface area contributed by atoms with Crippen molar-refractivity contribution in [1.82, 2.24) is 28.7 Å². The molecule has 0 N–H and O–H groups in total. The zero-order valence-corrected chi connectivity index (χ0v) is 80.9. The predicted molar refractivity (Wildman–Crippen MR) is 622 cm³/mol. The van der Waals surface area contributed by atoms with Crippen LogP contribution in [0.2, 0.25) is 0 Å². The predicted octanol–water partition coefficient (Wildman–Crippen LogP) is 38.2. The van der Waals surface area contributed by atoms with Crippen molar-refractivity contribution in [2.75, 3.05) is 0 Å². The second-order valence-electron chi connectivity index (χ2n) is 39.3. The number of benzene rings is 27. The quantitative estimate of drug-likeness (QED) is 0.106.